The summed E-state index contributed by atoms with van der Waals surface area (Å²) < 4.78 is 16.5. The van der Waals surface area contributed by atoms with Crippen LogP contribution in [0.3, 0.4) is 0 Å². The molecule has 92 valence electrons. The van der Waals surface area contributed by atoms with Gasteiger partial charge in [0.05, 0.1) is 19.3 Å². The molecule has 1 spiro atoms. The van der Waals surface area contributed by atoms with Crippen LogP contribution < -0.4 is 0 Å². The normalized spacial score (nSPS) is 40.4. The minimum absolute atomic E-state index is 0.0842. The standard InChI is InChI=1S/C12H20O4/c1-8(2)12(9(13)14-5)11(16-12)6-7-15-10(11,3)4/h8H,6-7H2,1-5H3. The zero-order valence-electron chi connectivity index (χ0n) is 10.6. The smallest absolute Gasteiger partial charge is 0.341 e. The molecule has 2 heterocycles. The summed E-state index contributed by atoms with van der Waals surface area (Å²) in [6, 6.07) is 0. The quantitative estimate of drug-likeness (QED) is 0.531. The zero-order chi connectivity index (χ0) is 12.2. The number of epoxide rings is 1. The lowest BCUT2D eigenvalue weighted by Crippen LogP contribution is -2.48. The van der Waals surface area contributed by atoms with Gasteiger partial charge in [0.2, 0.25) is 0 Å². The van der Waals surface area contributed by atoms with Crippen LogP contribution in [0.1, 0.15) is 34.1 Å². The van der Waals surface area contributed by atoms with Crippen molar-refractivity contribution in [1.29, 1.82) is 0 Å². The lowest BCUT2D eigenvalue weighted by molar-refractivity contribution is -0.149. The highest BCUT2D eigenvalue weighted by Gasteiger charge is 2.83. The molecule has 16 heavy (non-hydrogen) atoms. The van der Waals surface area contributed by atoms with Crippen LogP contribution in [-0.2, 0) is 19.0 Å². The van der Waals surface area contributed by atoms with Gasteiger partial charge in [0, 0.05) is 6.42 Å². The first-order chi connectivity index (χ1) is 7.34. The third-order valence-electron chi connectivity index (χ3n) is 4.08. The van der Waals surface area contributed by atoms with Crippen molar-refractivity contribution >= 4 is 5.97 Å². The number of rotatable bonds is 2. The highest BCUT2D eigenvalue weighted by Crippen LogP contribution is 2.64. The third-order valence-corrected chi connectivity index (χ3v) is 4.08. The Kier molecular flexibility index (Phi) is 2.37. The SMILES string of the molecule is COC(=O)C1(C(C)C)OC12CCOC2(C)C. The molecular formula is C12H20O4. The molecule has 0 aromatic carbocycles. The van der Waals surface area contributed by atoms with Crippen molar-refractivity contribution in [2.45, 2.75) is 50.9 Å². The Morgan fingerprint density at radius 3 is 2.38 bits per heavy atom. The molecule has 0 aliphatic carbocycles. The average Bonchev–Trinajstić information content (AvgIpc) is 2.80. The lowest BCUT2D eigenvalue weighted by Gasteiger charge is -2.27. The predicted octanol–water partition coefficient (Wildman–Crippen LogP) is 1.52. The maximum atomic E-state index is 12.0. The number of methoxy groups -OCH3 is 1. The van der Waals surface area contributed by atoms with Crippen molar-refractivity contribution in [2.24, 2.45) is 5.92 Å². The first-order valence-corrected chi connectivity index (χ1v) is 5.76. The molecule has 2 aliphatic heterocycles. The summed E-state index contributed by atoms with van der Waals surface area (Å²) >= 11 is 0. The van der Waals surface area contributed by atoms with Gasteiger partial charge in [0.1, 0.15) is 5.60 Å². The highest BCUT2D eigenvalue weighted by molar-refractivity contribution is 5.86. The van der Waals surface area contributed by atoms with E-state index in [1.165, 1.54) is 7.11 Å². The molecule has 2 unspecified atom stereocenters. The summed E-state index contributed by atoms with van der Waals surface area (Å²) in [6.45, 7) is 8.57. The molecule has 0 aromatic rings. The summed E-state index contributed by atoms with van der Waals surface area (Å²) in [5.41, 5.74) is -1.74. The maximum absolute atomic E-state index is 12.0. The van der Waals surface area contributed by atoms with E-state index >= 15 is 0 Å². The van der Waals surface area contributed by atoms with E-state index in [4.69, 9.17) is 14.2 Å². The topological polar surface area (TPSA) is 48.1 Å². The Balaban J connectivity index is 2.38. The molecule has 0 N–H and O–H groups in total. The number of carbonyl (C=O) groups excluding carboxylic acids is 1. The van der Waals surface area contributed by atoms with E-state index in [-0.39, 0.29) is 11.9 Å². The first-order valence-electron chi connectivity index (χ1n) is 5.76. The van der Waals surface area contributed by atoms with E-state index in [0.29, 0.717) is 6.61 Å². The Bertz CT molecular complexity index is 323. The molecule has 0 saturated carbocycles. The lowest BCUT2D eigenvalue weighted by atomic mass is 9.74. The van der Waals surface area contributed by atoms with Crippen molar-refractivity contribution < 1.29 is 19.0 Å². The van der Waals surface area contributed by atoms with E-state index in [9.17, 15) is 4.79 Å². The van der Waals surface area contributed by atoms with Crippen LogP contribution in [0.25, 0.3) is 0 Å². The van der Waals surface area contributed by atoms with Gasteiger partial charge in [-0.15, -0.1) is 0 Å². The van der Waals surface area contributed by atoms with E-state index in [1.54, 1.807) is 0 Å². The number of hydrogen-bond acceptors (Lipinski definition) is 4. The Morgan fingerprint density at radius 2 is 2.00 bits per heavy atom. The molecular weight excluding hydrogens is 208 g/mol. The Labute approximate surface area is 96.2 Å². The molecule has 2 aliphatic rings. The van der Waals surface area contributed by atoms with Crippen LogP contribution in [-0.4, -0.2) is 36.5 Å². The second-order valence-electron chi connectivity index (χ2n) is 5.42. The molecule has 0 amide bonds. The average molecular weight is 228 g/mol. The number of esters is 1. The fraction of sp³-hybridized carbons (Fsp3) is 0.917. The predicted molar refractivity (Wildman–Crippen MR) is 58.0 cm³/mol. The van der Waals surface area contributed by atoms with E-state index in [1.807, 2.05) is 27.7 Å². The fourth-order valence-electron chi connectivity index (χ4n) is 3.10. The second-order valence-corrected chi connectivity index (χ2v) is 5.42. The molecule has 0 aromatic heterocycles. The summed E-state index contributed by atoms with van der Waals surface area (Å²) in [5, 5.41) is 0. The van der Waals surface area contributed by atoms with Gasteiger partial charge in [-0.05, 0) is 19.8 Å². The molecule has 2 fully saturated rings. The van der Waals surface area contributed by atoms with Gasteiger partial charge in [-0.25, -0.2) is 4.79 Å². The molecule has 2 atom stereocenters. The van der Waals surface area contributed by atoms with Gasteiger partial charge >= 0.3 is 5.97 Å². The summed E-state index contributed by atoms with van der Waals surface area (Å²) in [5.74, 6) is -0.193. The minimum atomic E-state index is -0.818. The van der Waals surface area contributed by atoms with Crippen LogP contribution in [0.4, 0.5) is 0 Å². The van der Waals surface area contributed by atoms with Gasteiger partial charge in [0.25, 0.3) is 0 Å². The van der Waals surface area contributed by atoms with Crippen molar-refractivity contribution in [3.05, 3.63) is 0 Å². The van der Waals surface area contributed by atoms with Crippen LogP contribution in [0.5, 0.6) is 0 Å². The molecule has 2 saturated heterocycles. The fourth-order valence-corrected chi connectivity index (χ4v) is 3.10. The maximum Gasteiger partial charge on any atom is 0.341 e. The summed E-state index contributed by atoms with van der Waals surface area (Å²) in [4.78, 5) is 12.0. The van der Waals surface area contributed by atoms with Crippen LogP contribution >= 0.6 is 0 Å². The third kappa shape index (κ3) is 1.09. The molecule has 0 radical (unpaired) electrons. The van der Waals surface area contributed by atoms with E-state index in [0.717, 1.165) is 6.42 Å². The monoisotopic (exact) mass is 228 g/mol. The Hall–Kier alpha value is -0.610. The van der Waals surface area contributed by atoms with Crippen molar-refractivity contribution in [1.82, 2.24) is 0 Å². The number of carbonyl (C=O) groups is 1. The molecule has 0 bridgehead atoms. The summed E-state index contributed by atoms with van der Waals surface area (Å²) in [6.07, 6.45) is 0.757. The molecule has 2 rings (SSSR count). The van der Waals surface area contributed by atoms with Crippen molar-refractivity contribution in [3.8, 4) is 0 Å². The highest BCUT2D eigenvalue weighted by atomic mass is 16.7. The van der Waals surface area contributed by atoms with Crippen LogP contribution in [0, 0.1) is 5.92 Å². The number of ether oxygens (including phenoxy) is 3. The minimum Gasteiger partial charge on any atom is -0.467 e. The van der Waals surface area contributed by atoms with Gasteiger partial charge < -0.3 is 14.2 Å². The van der Waals surface area contributed by atoms with Crippen molar-refractivity contribution in [2.75, 3.05) is 13.7 Å². The van der Waals surface area contributed by atoms with Gasteiger partial charge in [-0.1, -0.05) is 13.8 Å². The van der Waals surface area contributed by atoms with Gasteiger partial charge in [-0.2, -0.15) is 0 Å². The van der Waals surface area contributed by atoms with Gasteiger partial charge in [-0.3, -0.25) is 0 Å². The first kappa shape index (κ1) is 11.9. The second kappa shape index (κ2) is 3.20. The van der Waals surface area contributed by atoms with Crippen molar-refractivity contribution in [3.63, 3.8) is 0 Å². The van der Waals surface area contributed by atoms with Gasteiger partial charge in [0.15, 0.2) is 5.60 Å². The van der Waals surface area contributed by atoms with Crippen LogP contribution in [0.15, 0.2) is 0 Å². The zero-order valence-corrected chi connectivity index (χ0v) is 10.6. The number of hydrogen-bond donors (Lipinski definition) is 0. The molecule has 4 nitrogen and oxygen atoms in total. The van der Waals surface area contributed by atoms with Crippen LogP contribution in [0.2, 0.25) is 0 Å². The largest absolute Gasteiger partial charge is 0.467 e. The summed E-state index contributed by atoms with van der Waals surface area (Å²) in [7, 11) is 1.41. The van der Waals surface area contributed by atoms with E-state index in [2.05, 4.69) is 0 Å². The van der Waals surface area contributed by atoms with E-state index < -0.39 is 16.8 Å². The Morgan fingerprint density at radius 1 is 1.38 bits per heavy atom. The molecule has 4 heteroatoms.